The number of nitro groups is 1. The molecule has 10 heteroatoms. The normalized spacial score (nSPS) is 17.9. The predicted octanol–water partition coefficient (Wildman–Crippen LogP) is 5.27. The number of Topliss-reactive ketones (excluding diaryl/α,β-unsaturated/α-hetero) is 1. The lowest BCUT2D eigenvalue weighted by Gasteiger charge is -2.22. The molecule has 2 heterocycles. The Morgan fingerprint density at radius 1 is 1.12 bits per heavy atom. The number of halogens is 1. The lowest BCUT2D eigenvalue weighted by Crippen LogP contribution is -2.29. The fourth-order valence-corrected chi connectivity index (χ4v) is 3.92. The third-order valence-electron chi connectivity index (χ3n) is 5.47. The SMILES string of the molecule is CC(C)(C)c1cc(N2C(=O)C(=O)/C(=C(/O)c3ccc(Br)cc3)[C@@H]2c2ccc([N+](=O)[O-])cc2)no1. The Labute approximate surface area is 202 Å². The summed E-state index contributed by atoms with van der Waals surface area (Å²) in [6.45, 7) is 5.73. The first-order chi connectivity index (χ1) is 16.0. The molecule has 1 N–H and O–H groups in total. The minimum Gasteiger partial charge on any atom is -0.507 e. The molecule has 0 spiro atoms. The minimum absolute atomic E-state index is 0.102. The van der Waals surface area contributed by atoms with Gasteiger partial charge in [0.15, 0.2) is 5.82 Å². The number of carbonyl (C=O) groups is 2. The van der Waals surface area contributed by atoms with E-state index in [1.54, 1.807) is 30.3 Å². The average molecular weight is 526 g/mol. The zero-order valence-electron chi connectivity index (χ0n) is 18.5. The summed E-state index contributed by atoms with van der Waals surface area (Å²) < 4.78 is 6.20. The molecule has 0 unspecified atom stereocenters. The van der Waals surface area contributed by atoms with E-state index in [0.29, 0.717) is 16.9 Å². The number of rotatable bonds is 4. The van der Waals surface area contributed by atoms with Crippen LogP contribution in [0.2, 0.25) is 0 Å². The zero-order valence-corrected chi connectivity index (χ0v) is 20.1. The second-order valence-corrected chi connectivity index (χ2v) is 9.74. The summed E-state index contributed by atoms with van der Waals surface area (Å²) in [7, 11) is 0. The Balaban J connectivity index is 1.91. The van der Waals surface area contributed by atoms with Crippen molar-refractivity contribution in [3.63, 3.8) is 0 Å². The second-order valence-electron chi connectivity index (χ2n) is 8.82. The van der Waals surface area contributed by atoms with Gasteiger partial charge in [-0.15, -0.1) is 0 Å². The molecule has 1 saturated heterocycles. The second kappa shape index (κ2) is 8.53. The van der Waals surface area contributed by atoms with Crippen LogP contribution < -0.4 is 4.90 Å². The lowest BCUT2D eigenvalue weighted by atomic mass is 9.93. The van der Waals surface area contributed by atoms with E-state index < -0.39 is 28.1 Å². The van der Waals surface area contributed by atoms with Crippen LogP contribution in [-0.4, -0.2) is 26.9 Å². The number of hydrogen-bond donors (Lipinski definition) is 1. The van der Waals surface area contributed by atoms with E-state index in [1.165, 1.54) is 24.3 Å². The monoisotopic (exact) mass is 525 g/mol. The van der Waals surface area contributed by atoms with Crippen molar-refractivity contribution < 1.29 is 24.1 Å². The predicted molar refractivity (Wildman–Crippen MR) is 127 cm³/mol. The summed E-state index contributed by atoms with van der Waals surface area (Å²) in [6.07, 6.45) is 0. The molecular formula is C24H20BrN3O6. The molecule has 4 rings (SSSR count). The first kappa shape index (κ1) is 23.4. The maximum atomic E-state index is 13.2. The molecule has 1 amide bonds. The van der Waals surface area contributed by atoms with Crippen LogP contribution in [0.1, 0.15) is 43.7 Å². The number of hydrogen-bond acceptors (Lipinski definition) is 7. The molecule has 1 aliphatic rings. The molecule has 1 aromatic heterocycles. The van der Waals surface area contributed by atoms with E-state index in [-0.39, 0.29) is 22.8 Å². The van der Waals surface area contributed by atoms with Crippen LogP contribution in [0.3, 0.4) is 0 Å². The third kappa shape index (κ3) is 4.12. The lowest BCUT2D eigenvalue weighted by molar-refractivity contribution is -0.384. The van der Waals surface area contributed by atoms with Crippen molar-refractivity contribution in [1.29, 1.82) is 0 Å². The first-order valence-electron chi connectivity index (χ1n) is 10.3. The van der Waals surface area contributed by atoms with Crippen molar-refractivity contribution in [3.8, 4) is 0 Å². The van der Waals surface area contributed by atoms with Crippen LogP contribution >= 0.6 is 15.9 Å². The number of carbonyl (C=O) groups excluding carboxylic acids is 2. The number of aliphatic hydroxyl groups is 1. The van der Waals surface area contributed by atoms with E-state index in [4.69, 9.17) is 4.52 Å². The molecule has 0 saturated carbocycles. The molecule has 34 heavy (non-hydrogen) atoms. The Morgan fingerprint density at radius 2 is 1.74 bits per heavy atom. The van der Waals surface area contributed by atoms with Crippen LogP contribution in [0.5, 0.6) is 0 Å². The van der Waals surface area contributed by atoms with Gasteiger partial charge in [0.2, 0.25) is 0 Å². The fraction of sp³-hybridized carbons (Fsp3) is 0.208. The smallest absolute Gasteiger partial charge is 0.301 e. The van der Waals surface area contributed by atoms with Crippen molar-refractivity contribution in [2.75, 3.05) is 4.90 Å². The van der Waals surface area contributed by atoms with E-state index in [9.17, 15) is 24.8 Å². The first-order valence-corrected chi connectivity index (χ1v) is 11.1. The summed E-state index contributed by atoms with van der Waals surface area (Å²) in [4.78, 5) is 38.0. The van der Waals surface area contributed by atoms with Gasteiger partial charge in [0, 0.05) is 33.7 Å². The van der Waals surface area contributed by atoms with E-state index in [1.807, 2.05) is 20.8 Å². The van der Waals surface area contributed by atoms with Crippen LogP contribution in [0.25, 0.3) is 5.76 Å². The summed E-state index contributed by atoms with van der Waals surface area (Å²) in [5.74, 6) is -1.55. The third-order valence-corrected chi connectivity index (χ3v) is 5.99. The molecule has 0 radical (unpaired) electrons. The molecule has 174 valence electrons. The number of anilines is 1. The quantitative estimate of drug-likeness (QED) is 0.161. The number of benzene rings is 2. The van der Waals surface area contributed by atoms with Crippen molar-refractivity contribution in [1.82, 2.24) is 5.16 Å². The Hall–Kier alpha value is -3.79. The number of nitro benzene ring substituents is 1. The Bertz CT molecular complexity index is 1320. The van der Waals surface area contributed by atoms with Crippen LogP contribution in [-0.2, 0) is 15.0 Å². The summed E-state index contributed by atoms with van der Waals surface area (Å²) in [5, 5.41) is 26.2. The number of non-ortho nitro benzene ring substituents is 1. The summed E-state index contributed by atoms with van der Waals surface area (Å²) >= 11 is 3.32. The number of nitrogens with zero attached hydrogens (tertiary/aromatic N) is 3. The molecule has 9 nitrogen and oxygen atoms in total. The van der Waals surface area contributed by atoms with Gasteiger partial charge in [-0.1, -0.05) is 54.0 Å². The maximum Gasteiger partial charge on any atom is 0.301 e. The van der Waals surface area contributed by atoms with E-state index in [0.717, 1.165) is 9.37 Å². The number of aliphatic hydroxyl groups excluding tert-OH is 1. The summed E-state index contributed by atoms with van der Waals surface area (Å²) in [6, 6.07) is 12.5. The van der Waals surface area contributed by atoms with Gasteiger partial charge in [0.05, 0.1) is 16.5 Å². The van der Waals surface area contributed by atoms with Gasteiger partial charge >= 0.3 is 5.91 Å². The summed E-state index contributed by atoms with van der Waals surface area (Å²) in [5.41, 5.74) is 0.0259. The molecule has 1 fully saturated rings. The van der Waals surface area contributed by atoms with Gasteiger partial charge in [-0.2, -0.15) is 0 Å². The number of aromatic nitrogens is 1. The molecule has 0 bridgehead atoms. The maximum absolute atomic E-state index is 13.2. The highest BCUT2D eigenvalue weighted by Gasteiger charge is 2.48. The molecule has 3 aromatic rings. The largest absolute Gasteiger partial charge is 0.507 e. The van der Waals surface area contributed by atoms with Crippen molar-refractivity contribution in [2.45, 2.75) is 32.2 Å². The minimum atomic E-state index is -1.07. The zero-order chi connectivity index (χ0) is 24.8. The van der Waals surface area contributed by atoms with E-state index >= 15 is 0 Å². The van der Waals surface area contributed by atoms with Crippen molar-refractivity contribution in [2.24, 2.45) is 0 Å². The van der Waals surface area contributed by atoms with Crippen LogP contribution in [0, 0.1) is 10.1 Å². The fourth-order valence-electron chi connectivity index (χ4n) is 3.66. The van der Waals surface area contributed by atoms with Crippen LogP contribution in [0.4, 0.5) is 11.5 Å². The highest BCUT2D eigenvalue weighted by molar-refractivity contribution is 9.10. The van der Waals surface area contributed by atoms with Crippen molar-refractivity contribution >= 4 is 44.9 Å². The molecule has 2 aromatic carbocycles. The highest BCUT2D eigenvalue weighted by Crippen LogP contribution is 2.43. The number of ketones is 1. The van der Waals surface area contributed by atoms with Gasteiger partial charge in [0.1, 0.15) is 11.5 Å². The van der Waals surface area contributed by atoms with Gasteiger partial charge in [-0.25, -0.2) is 0 Å². The average Bonchev–Trinajstić information content (AvgIpc) is 3.37. The molecular weight excluding hydrogens is 506 g/mol. The molecule has 0 aliphatic carbocycles. The Morgan fingerprint density at radius 3 is 2.26 bits per heavy atom. The van der Waals surface area contributed by atoms with Crippen molar-refractivity contribution in [3.05, 3.63) is 91.6 Å². The molecule has 1 atom stereocenters. The number of amides is 1. The van der Waals surface area contributed by atoms with E-state index in [2.05, 4.69) is 21.1 Å². The van der Waals surface area contributed by atoms with Crippen LogP contribution in [0.15, 0.2) is 69.2 Å². The van der Waals surface area contributed by atoms with Gasteiger partial charge in [-0.3, -0.25) is 24.6 Å². The topological polar surface area (TPSA) is 127 Å². The van der Waals surface area contributed by atoms with Gasteiger partial charge in [0.25, 0.3) is 11.5 Å². The standard InChI is InChI=1S/C24H20BrN3O6/c1-24(2,3)17-12-18(26-34-17)27-20(13-6-10-16(11-7-13)28(32)33)19(22(30)23(27)31)21(29)14-4-8-15(25)9-5-14/h4-12,20,29H,1-3H3/b21-19+/t20-/m0/s1. The van der Waals surface area contributed by atoms with Gasteiger partial charge < -0.3 is 9.63 Å². The Kier molecular flexibility index (Phi) is 5.86. The molecule has 1 aliphatic heterocycles. The van der Waals surface area contributed by atoms with Gasteiger partial charge in [-0.05, 0) is 29.8 Å². The highest BCUT2D eigenvalue weighted by atomic mass is 79.9.